The van der Waals surface area contributed by atoms with E-state index in [0.717, 1.165) is 37.0 Å². The molecule has 2 aromatic rings. The van der Waals surface area contributed by atoms with Gasteiger partial charge in [0, 0.05) is 30.6 Å². The Balaban J connectivity index is 1.54. The van der Waals surface area contributed by atoms with Crippen LogP contribution in [-0.4, -0.2) is 59.0 Å². The minimum atomic E-state index is -0.0738. The molecule has 2 bridgehead atoms. The lowest BCUT2D eigenvalue weighted by atomic mass is 9.90. The van der Waals surface area contributed by atoms with Crippen molar-refractivity contribution >= 4 is 16.8 Å². The second-order valence-electron chi connectivity index (χ2n) is 6.64. The predicted molar refractivity (Wildman–Crippen MR) is 87.4 cm³/mol. The number of benzene rings is 1. The molecule has 0 radical (unpaired) electrons. The number of likely N-dealkylation sites (N-methyl/N-ethyl adjacent to an activating group) is 1. The SMILES string of the molecule is CN1[C@@H]2COC[C@H]1CC(NC(=O)c1nn(C)c3ccccc13)C2. The molecule has 4 rings (SSSR count). The number of hydrogen-bond acceptors (Lipinski definition) is 4. The molecule has 1 N–H and O–H groups in total. The summed E-state index contributed by atoms with van der Waals surface area (Å²) in [5.74, 6) is -0.0738. The van der Waals surface area contributed by atoms with Crippen molar-refractivity contribution in [2.45, 2.75) is 31.0 Å². The number of nitrogens with zero attached hydrogens (tertiary/aromatic N) is 3. The van der Waals surface area contributed by atoms with Crippen LogP contribution in [0.4, 0.5) is 0 Å². The van der Waals surface area contributed by atoms with Crippen LogP contribution >= 0.6 is 0 Å². The summed E-state index contributed by atoms with van der Waals surface area (Å²) in [7, 11) is 4.03. The van der Waals surface area contributed by atoms with Gasteiger partial charge in [-0.15, -0.1) is 0 Å². The molecule has 0 spiro atoms. The van der Waals surface area contributed by atoms with Crippen LogP contribution in [0.1, 0.15) is 23.3 Å². The van der Waals surface area contributed by atoms with Crippen LogP contribution in [0.3, 0.4) is 0 Å². The predicted octanol–water partition coefficient (Wildman–Crippen LogP) is 1.16. The number of fused-ring (bicyclic) bond motifs is 3. The summed E-state index contributed by atoms with van der Waals surface area (Å²) in [5, 5.41) is 8.51. The highest BCUT2D eigenvalue weighted by molar-refractivity contribution is 6.04. The van der Waals surface area contributed by atoms with Gasteiger partial charge in [-0.1, -0.05) is 18.2 Å². The molecule has 2 saturated heterocycles. The Morgan fingerprint density at radius 2 is 1.91 bits per heavy atom. The average molecular weight is 314 g/mol. The molecule has 3 atom stereocenters. The van der Waals surface area contributed by atoms with E-state index >= 15 is 0 Å². The Bertz CT molecular complexity index is 727. The van der Waals surface area contributed by atoms with Crippen LogP contribution < -0.4 is 5.32 Å². The van der Waals surface area contributed by atoms with Crippen molar-refractivity contribution in [1.29, 1.82) is 0 Å². The number of rotatable bonds is 2. The minimum Gasteiger partial charge on any atom is -0.378 e. The quantitative estimate of drug-likeness (QED) is 0.904. The molecule has 23 heavy (non-hydrogen) atoms. The maximum absolute atomic E-state index is 12.7. The molecule has 1 unspecified atom stereocenters. The van der Waals surface area contributed by atoms with Crippen molar-refractivity contribution in [1.82, 2.24) is 20.0 Å². The molecule has 2 aliphatic rings. The molecule has 6 nitrogen and oxygen atoms in total. The van der Waals surface area contributed by atoms with E-state index < -0.39 is 0 Å². The molecule has 6 heteroatoms. The standard InChI is InChI=1S/C17H22N4O2/c1-20-12-7-11(8-13(20)10-23-9-12)18-17(22)16-14-5-3-4-6-15(14)21(2)19-16/h3-6,11-13H,7-10H2,1-2H3,(H,18,22)/t11?,12-,13+. The van der Waals surface area contributed by atoms with Crippen LogP contribution in [-0.2, 0) is 11.8 Å². The Labute approximate surface area is 135 Å². The van der Waals surface area contributed by atoms with Crippen molar-refractivity contribution in [3.63, 3.8) is 0 Å². The largest absolute Gasteiger partial charge is 0.378 e. The van der Waals surface area contributed by atoms with Crippen molar-refractivity contribution in [2.24, 2.45) is 7.05 Å². The Morgan fingerprint density at radius 3 is 2.65 bits per heavy atom. The van der Waals surface area contributed by atoms with Gasteiger partial charge in [0.25, 0.3) is 5.91 Å². The summed E-state index contributed by atoms with van der Waals surface area (Å²) in [6.07, 6.45) is 1.87. The lowest BCUT2D eigenvalue weighted by Gasteiger charge is -2.46. The van der Waals surface area contributed by atoms with Crippen LogP contribution in [0.2, 0.25) is 0 Å². The van der Waals surface area contributed by atoms with Crippen molar-refractivity contribution < 1.29 is 9.53 Å². The van der Waals surface area contributed by atoms with Crippen LogP contribution in [0.25, 0.3) is 10.9 Å². The summed E-state index contributed by atoms with van der Waals surface area (Å²) < 4.78 is 7.40. The van der Waals surface area contributed by atoms with Gasteiger partial charge >= 0.3 is 0 Å². The fourth-order valence-electron chi connectivity index (χ4n) is 3.85. The number of amides is 1. The molecule has 2 aliphatic heterocycles. The van der Waals surface area contributed by atoms with E-state index in [4.69, 9.17) is 4.74 Å². The van der Waals surface area contributed by atoms with Gasteiger partial charge in [0.1, 0.15) is 0 Å². The highest BCUT2D eigenvalue weighted by Gasteiger charge is 2.37. The number of nitrogens with one attached hydrogen (secondary N) is 1. The summed E-state index contributed by atoms with van der Waals surface area (Å²) in [6, 6.07) is 8.83. The first-order chi connectivity index (χ1) is 11.1. The van der Waals surface area contributed by atoms with Crippen molar-refractivity contribution in [3.8, 4) is 0 Å². The van der Waals surface area contributed by atoms with Crippen LogP contribution in [0, 0.1) is 0 Å². The number of para-hydroxylation sites is 1. The normalized spacial score (nSPS) is 28.0. The molecule has 1 aromatic carbocycles. The van der Waals surface area contributed by atoms with Gasteiger partial charge in [-0.25, -0.2) is 0 Å². The van der Waals surface area contributed by atoms with Crippen LogP contribution in [0.5, 0.6) is 0 Å². The van der Waals surface area contributed by atoms with Gasteiger partial charge in [-0.3, -0.25) is 14.4 Å². The second-order valence-corrected chi connectivity index (χ2v) is 6.64. The highest BCUT2D eigenvalue weighted by Crippen LogP contribution is 2.26. The molecule has 3 heterocycles. The van der Waals surface area contributed by atoms with E-state index in [1.165, 1.54) is 0 Å². The van der Waals surface area contributed by atoms with E-state index in [9.17, 15) is 4.79 Å². The summed E-state index contributed by atoms with van der Waals surface area (Å²) >= 11 is 0. The molecule has 0 saturated carbocycles. The van der Waals surface area contributed by atoms with Crippen molar-refractivity contribution in [2.75, 3.05) is 20.3 Å². The fraction of sp³-hybridized carbons (Fsp3) is 0.529. The molecule has 2 fully saturated rings. The number of carbonyl (C=O) groups excluding carboxylic acids is 1. The van der Waals surface area contributed by atoms with Gasteiger partial charge in [0.05, 0.1) is 18.7 Å². The molecular formula is C17H22N4O2. The highest BCUT2D eigenvalue weighted by atomic mass is 16.5. The molecule has 1 aromatic heterocycles. The smallest absolute Gasteiger partial charge is 0.272 e. The third-order valence-electron chi connectivity index (χ3n) is 5.19. The third kappa shape index (κ3) is 2.52. The summed E-state index contributed by atoms with van der Waals surface area (Å²) in [5.41, 5.74) is 1.50. The molecule has 1 amide bonds. The fourth-order valence-corrected chi connectivity index (χ4v) is 3.85. The zero-order valence-corrected chi connectivity index (χ0v) is 13.5. The van der Waals surface area contributed by atoms with Gasteiger partial charge < -0.3 is 10.1 Å². The minimum absolute atomic E-state index is 0.0738. The second kappa shape index (κ2) is 5.62. The number of carbonyl (C=O) groups is 1. The van der Waals surface area contributed by atoms with Crippen LogP contribution in [0.15, 0.2) is 24.3 Å². The summed E-state index contributed by atoms with van der Waals surface area (Å²) in [4.78, 5) is 15.1. The molecule has 0 aliphatic carbocycles. The van der Waals surface area contributed by atoms with Gasteiger partial charge in [0.15, 0.2) is 5.69 Å². The average Bonchev–Trinajstić information content (AvgIpc) is 2.86. The van der Waals surface area contributed by atoms with E-state index in [0.29, 0.717) is 17.8 Å². The first-order valence-electron chi connectivity index (χ1n) is 8.16. The number of aryl methyl sites for hydroxylation is 1. The zero-order chi connectivity index (χ0) is 16.0. The van der Waals surface area contributed by atoms with E-state index in [2.05, 4.69) is 22.4 Å². The van der Waals surface area contributed by atoms with Gasteiger partial charge in [0.2, 0.25) is 0 Å². The number of hydrogen-bond donors (Lipinski definition) is 1. The maximum Gasteiger partial charge on any atom is 0.272 e. The molecular weight excluding hydrogens is 292 g/mol. The van der Waals surface area contributed by atoms with Gasteiger partial charge in [-0.2, -0.15) is 5.10 Å². The number of ether oxygens (including phenoxy) is 1. The van der Waals surface area contributed by atoms with Gasteiger partial charge in [-0.05, 0) is 26.0 Å². The first-order valence-corrected chi connectivity index (χ1v) is 8.16. The lowest BCUT2D eigenvalue weighted by Crippen LogP contribution is -2.59. The van der Waals surface area contributed by atoms with E-state index in [-0.39, 0.29) is 11.9 Å². The maximum atomic E-state index is 12.7. The third-order valence-corrected chi connectivity index (χ3v) is 5.19. The molecule has 122 valence electrons. The first kappa shape index (κ1) is 14.7. The zero-order valence-electron chi connectivity index (χ0n) is 13.5. The number of morpholine rings is 1. The Morgan fingerprint density at radius 1 is 1.22 bits per heavy atom. The van der Waals surface area contributed by atoms with E-state index in [1.807, 2.05) is 31.3 Å². The number of piperidine rings is 1. The lowest BCUT2D eigenvalue weighted by molar-refractivity contribution is -0.0670. The van der Waals surface area contributed by atoms with E-state index in [1.54, 1.807) is 4.68 Å². The Hall–Kier alpha value is -1.92. The number of aromatic nitrogens is 2. The summed E-state index contributed by atoms with van der Waals surface area (Å²) in [6.45, 7) is 1.51. The Kier molecular flexibility index (Phi) is 3.58. The monoisotopic (exact) mass is 314 g/mol. The van der Waals surface area contributed by atoms with Crippen molar-refractivity contribution in [3.05, 3.63) is 30.0 Å². The topological polar surface area (TPSA) is 59.4 Å².